The van der Waals surface area contributed by atoms with Gasteiger partial charge in [-0.25, -0.2) is 0 Å². The topological polar surface area (TPSA) is 105 Å². The quantitative estimate of drug-likeness (QED) is 0.0363. The molecule has 0 aromatic carbocycles. The van der Waals surface area contributed by atoms with Crippen LogP contribution in [0.2, 0.25) is 0 Å². The van der Waals surface area contributed by atoms with Crippen LogP contribution in [-0.2, 0) is 31.5 Å². The molecule has 0 spiro atoms. The summed E-state index contributed by atoms with van der Waals surface area (Å²) in [6.45, 7) is 16.4. The van der Waals surface area contributed by atoms with Crippen molar-refractivity contribution in [1.82, 2.24) is 0 Å². The van der Waals surface area contributed by atoms with Crippen LogP contribution < -0.4 is 0 Å². The summed E-state index contributed by atoms with van der Waals surface area (Å²) < 4.78 is 26.3. The van der Waals surface area contributed by atoms with E-state index in [1.54, 1.807) is 0 Å². The van der Waals surface area contributed by atoms with Gasteiger partial charge in [0.25, 0.3) is 0 Å². The van der Waals surface area contributed by atoms with E-state index >= 15 is 19.2 Å². The van der Waals surface area contributed by atoms with Gasteiger partial charge in [0.15, 0.2) is 0 Å². The van der Waals surface area contributed by atoms with Gasteiger partial charge in [-0.15, -0.1) is 0 Å². The van der Waals surface area contributed by atoms with Crippen LogP contribution in [0.1, 0.15) is 209 Å². The van der Waals surface area contributed by atoms with Crippen LogP contribution in [0.4, 0.5) is 0 Å². The number of rotatable bonds is 36. The van der Waals surface area contributed by atoms with Gasteiger partial charge in [0.05, 0.1) is 0 Å². The Morgan fingerprint density at radius 2 is 0.474 bits per heavy atom. The third-order valence-electron chi connectivity index (χ3n) is 11.9. The summed E-state index contributed by atoms with van der Waals surface area (Å²) in [6.07, 6.45) is 16.3. The first-order valence-electron chi connectivity index (χ1n) is 22.6. The second-order valence-electron chi connectivity index (χ2n) is 16.6. The first-order chi connectivity index (χ1) is 27.2. The van der Waals surface area contributed by atoms with Crippen molar-refractivity contribution in [3.05, 3.63) is 0 Å². The van der Waals surface area contributed by atoms with Gasteiger partial charge in [0, 0.05) is 0 Å². The molecule has 0 saturated heterocycles. The molecule has 0 unspecified atom stereocenters. The third kappa shape index (κ3) is 17.8. The molecule has 0 saturated carbocycles. The van der Waals surface area contributed by atoms with E-state index in [2.05, 4.69) is 55.4 Å². The Morgan fingerprint density at radius 3 is 0.579 bits per heavy atom. The predicted molar refractivity (Wildman–Crippen MR) is 251 cm³/mol. The van der Waals surface area contributed by atoms with Crippen molar-refractivity contribution in [2.24, 2.45) is 21.7 Å². The summed E-state index contributed by atoms with van der Waals surface area (Å²) in [7, 11) is 0. The second-order valence-corrected chi connectivity index (χ2v) is 23.1. The molecule has 0 N–H and O–H groups in total. The molecular formula is C44H84O8S4Sn. The van der Waals surface area contributed by atoms with Gasteiger partial charge < -0.3 is 0 Å². The minimum absolute atomic E-state index is 0.165. The van der Waals surface area contributed by atoms with E-state index in [4.69, 9.17) is 62.8 Å². The molecule has 0 aromatic rings. The number of carbonyl (C=O) groups excluding carboxylic acids is 4. The van der Waals surface area contributed by atoms with Gasteiger partial charge in [-0.2, -0.15) is 0 Å². The monoisotopic (exact) mass is 988 g/mol. The molecule has 0 amide bonds. The molecule has 8 nitrogen and oxygen atoms in total. The molecule has 0 aliphatic rings. The van der Waals surface area contributed by atoms with E-state index in [1.807, 2.05) is 0 Å². The molecule has 57 heavy (non-hydrogen) atoms. The number of unbranched alkanes of at least 4 members (excludes halogenated alkanes) is 8. The Labute approximate surface area is 377 Å². The predicted octanol–water partition coefficient (Wildman–Crippen LogP) is 12.8. The van der Waals surface area contributed by atoms with E-state index < -0.39 is 65.6 Å². The molecule has 0 radical (unpaired) electrons. The van der Waals surface area contributed by atoms with Crippen molar-refractivity contribution in [3.63, 3.8) is 0 Å². The van der Waals surface area contributed by atoms with Crippen LogP contribution in [0.15, 0.2) is 0 Å². The third-order valence-corrected chi connectivity index (χ3v) is 19.3. The van der Waals surface area contributed by atoms with Gasteiger partial charge in [-0.1, -0.05) is 0 Å². The summed E-state index contributed by atoms with van der Waals surface area (Å²) in [5, 5.41) is 0. The standard InChI is InChI=1S/4C11H22O2S.Sn/c4*1-3-5-7-11(9-14,10(12)13)8-6-4-2;/h4*14H,3-9H2,1-2H3,(H,12,13);/q;;;;+4/p-4. The Balaban J connectivity index is 8.30. The molecule has 0 aliphatic heterocycles. The first-order valence-corrected chi connectivity index (χ1v) is 29.8. The molecule has 0 heterocycles. The van der Waals surface area contributed by atoms with Gasteiger partial charge >= 0.3 is 380 Å². The van der Waals surface area contributed by atoms with E-state index in [-0.39, 0.29) is 23.0 Å². The van der Waals surface area contributed by atoms with Crippen molar-refractivity contribution in [2.45, 2.75) is 209 Å². The first kappa shape index (κ1) is 57.1. The number of hydrogen-bond acceptors (Lipinski definition) is 12. The van der Waals surface area contributed by atoms with E-state index in [0.717, 1.165) is 103 Å². The number of carbonyl (C=O) groups is 4. The van der Waals surface area contributed by atoms with Gasteiger partial charge in [-0.3, -0.25) is 0 Å². The van der Waals surface area contributed by atoms with Crippen molar-refractivity contribution < 1.29 is 31.5 Å². The molecule has 0 bridgehead atoms. The fourth-order valence-corrected chi connectivity index (χ4v) is 14.9. The zero-order valence-electron chi connectivity index (χ0n) is 37.4. The summed E-state index contributed by atoms with van der Waals surface area (Å²) >= 11 is 12.4. The summed E-state index contributed by atoms with van der Waals surface area (Å²) in [4.78, 5) is 60.1. The van der Waals surface area contributed by atoms with E-state index in [9.17, 15) is 0 Å². The number of hydrogen-bond donors (Lipinski definition) is 4. The van der Waals surface area contributed by atoms with Crippen LogP contribution >= 0.6 is 50.5 Å². The Kier molecular flexibility index (Phi) is 31.0. The normalized spacial score (nSPS) is 12.7. The fraction of sp³-hybridized carbons (Fsp3) is 0.909. The Morgan fingerprint density at radius 1 is 0.333 bits per heavy atom. The molecule has 0 aromatic heterocycles. The molecule has 0 atom stereocenters. The van der Waals surface area contributed by atoms with E-state index in [0.29, 0.717) is 51.4 Å². The van der Waals surface area contributed by atoms with Crippen LogP contribution in [0.5, 0.6) is 0 Å². The minimum atomic E-state index is -6.55. The summed E-state index contributed by atoms with van der Waals surface area (Å²) in [6, 6.07) is 0. The maximum atomic E-state index is 15.0. The molecule has 13 heteroatoms. The van der Waals surface area contributed by atoms with Crippen molar-refractivity contribution >= 4 is 94.4 Å². The fourth-order valence-electron chi connectivity index (χ4n) is 7.34. The van der Waals surface area contributed by atoms with E-state index in [1.165, 1.54) is 0 Å². The second kappa shape index (κ2) is 31.0. The maximum absolute atomic E-state index is 15.0. The molecule has 0 aliphatic carbocycles. The van der Waals surface area contributed by atoms with Crippen LogP contribution in [0, 0.1) is 21.7 Å². The molecule has 0 fully saturated rings. The van der Waals surface area contributed by atoms with Crippen LogP contribution in [0.25, 0.3) is 0 Å². The number of thiol groups is 4. The van der Waals surface area contributed by atoms with Crippen molar-refractivity contribution in [3.8, 4) is 0 Å². The zero-order valence-corrected chi connectivity index (χ0v) is 43.8. The molecule has 336 valence electrons. The Hall–Kier alpha value is 0.0787. The van der Waals surface area contributed by atoms with Gasteiger partial charge in [-0.05, 0) is 0 Å². The van der Waals surface area contributed by atoms with Crippen LogP contribution in [0.3, 0.4) is 0 Å². The van der Waals surface area contributed by atoms with Crippen molar-refractivity contribution in [1.29, 1.82) is 0 Å². The molecular weight excluding hydrogens is 903 g/mol. The summed E-state index contributed by atoms with van der Waals surface area (Å²) in [5.41, 5.74) is -4.32. The average molecular weight is 988 g/mol. The van der Waals surface area contributed by atoms with Crippen LogP contribution in [-0.4, -0.2) is 66.9 Å². The average Bonchev–Trinajstić information content (AvgIpc) is 3.21. The Bertz CT molecular complexity index is 934. The van der Waals surface area contributed by atoms with Crippen molar-refractivity contribution in [2.75, 3.05) is 23.0 Å². The molecule has 0 rings (SSSR count). The van der Waals surface area contributed by atoms with Gasteiger partial charge in [0.1, 0.15) is 0 Å². The van der Waals surface area contributed by atoms with Gasteiger partial charge in [0.2, 0.25) is 0 Å². The summed E-state index contributed by atoms with van der Waals surface area (Å²) in [5.74, 6) is -2.12. The SMILES string of the molecule is CCCCC(CS)(CCCC)C(=O)[O][Sn]([O]C(=O)C(CS)(CCCC)CCCC)([O]C(=O)C(CS)(CCCC)CCCC)[O]C(=O)C(CS)(CCCC)CCCC. The zero-order chi connectivity index (χ0) is 43.4.